The van der Waals surface area contributed by atoms with Crippen LogP contribution in [0.25, 0.3) is 11.3 Å². The molecule has 0 atom stereocenters. The fraction of sp³-hybridized carbons (Fsp3) is 0. The Labute approximate surface area is 95.6 Å². The quantitative estimate of drug-likeness (QED) is 0.746. The molecular formula is C10H9N3O2S. The van der Waals surface area contributed by atoms with E-state index in [1.54, 1.807) is 24.3 Å². The molecule has 0 aliphatic heterocycles. The maximum atomic E-state index is 10.4. The van der Waals surface area contributed by atoms with Crippen LogP contribution in [0.1, 0.15) is 0 Å². The van der Waals surface area contributed by atoms with Crippen LogP contribution in [0.3, 0.4) is 0 Å². The van der Waals surface area contributed by atoms with Crippen molar-refractivity contribution in [3.8, 4) is 11.3 Å². The van der Waals surface area contributed by atoms with E-state index < -0.39 is 6.09 Å². The highest BCUT2D eigenvalue weighted by molar-refractivity contribution is 7.13. The zero-order chi connectivity index (χ0) is 11.5. The molecule has 82 valence electrons. The summed E-state index contributed by atoms with van der Waals surface area (Å²) in [6, 6.07) is 6.94. The molecule has 2 rings (SSSR count). The van der Waals surface area contributed by atoms with Gasteiger partial charge >= 0.3 is 6.09 Å². The molecule has 0 saturated heterocycles. The lowest BCUT2D eigenvalue weighted by Gasteiger charge is -2.01. The third kappa shape index (κ3) is 2.29. The highest BCUT2D eigenvalue weighted by Crippen LogP contribution is 2.24. The number of benzene rings is 1. The number of thiazole rings is 1. The van der Waals surface area contributed by atoms with Gasteiger partial charge < -0.3 is 10.8 Å². The maximum absolute atomic E-state index is 10.4. The van der Waals surface area contributed by atoms with Crippen LogP contribution >= 0.6 is 11.3 Å². The molecule has 1 amide bonds. The summed E-state index contributed by atoms with van der Waals surface area (Å²) in [5.74, 6) is 0. The van der Waals surface area contributed by atoms with Crippen molar-refractivity contribution in [3.05, 3.63) is 29.6 Å². The summed E-state index contributed by atoms with van der Waals surface area (Å²) in [6.07, 6.45) is -1.08. The number of hydrogen-bond donors (Lipinski definition) is 3. The van der Waals surface area contributed by atoms with Crippen LogP contribution in [0.5, 0.6) is 0 Å². The molecule has 0 spiro atoms. The molecule has 0 aliphatic carbocycles. The van der Waals surface area contributed by atoms with Crippen molar-refractivity contribution in [3.63, 3.8) is 0 Å². The molecule has 1 heterocycles. The van der Waals surface area contributed by atoms with Crippen LogP contribution in [0.2, 0.25) is 0 Å². The van der Waals surface area contributed by atoms with Crippen molar-refractivity contribution >= 4 is 28.2 Å². The molecule has 1 aromatic carbocycles. The highest BCUT2D eigenvalue weighted by Gasteiger charge is 2.03. The average Bonchev–Trinajstić information content (AvgIpc) is 2.65. The first-order valence-corrected chi connectivity index (χ1v) is 5.34. The van der Waals surface area contributed by atoms with E-state index in [0.29, 0.717) is 10.8 Å². The monoisotopic (exact) mass is 235 g/mol. The van der Waals surface area contributed by atoms with Gasteiger partial charge in [-0.15, -0.1) is 11.3 Å². The number of amides is 1. The van der Waals surface area contributed by atoms with Crippen LogP contribution in [0.15, 0.2) is 29.6 Å². The Hall–Kier alpha value is -2.08. The number of carbonyl (C=O) groups is 1. The fourth-order valence-electron chi connectivity index (χ4n) is 1.27. The second-order valence-electron chi connectivity index (χ2n) is 3.08. The van der Waals surface area contributed by atoms with Gasteiger partial charge in [-0.25, -0.2) is 9.78 Å². The van der Waals surface area contributed by atoms with E-state index >= 15 is 0 Å². The van der Waals surface area contributed by atoms with E-state index in [1.807, 2.05) is 5.38 Å². The number of nitrogens with zero attached hydrogens (tertiary/aromatic N) is 1. The first kappa shape index (κ1) is 10.4. The number of aromatic nitrogens is 1. The summed E-state index contributed by atoms with van der Waals surface area (Å²) >= 11 is 1.37. The van der Waals surface area contributed by atoms with E-state index in [1.165, 1.54) is 11.3 Å². The first-order valence-electron chi connectivity index (χ1n) is 4.46. The van der Waals surface area contributed by atoms with Crippen molar-refractivity contribution in [2.45, 2.75) is 0 Å². The number of nitrogens with two attached hydrogens (primary N) is 1. The molecule has 16 heavy (non-hydrogen) atoms. The molecule has 0 saturated carbocycles. The van der Waals surface area contributed by atoms with Gasteiger partial charge in [0.2, 0.25) is 0 Å². The van der Waals surface area contributed by atoms with Gasteiger partial charge in [0.1, 0.15) is 0 Å². The standard InChI is InChI=1S/C10H9N3O2S/c11-9-13-8(5-16-9)6-1-3-7(4-2-6)12-10(14)15/h1-5,12H,(H2,11,13)(H,14,15). The van der Waals surface area contributed by atoms with Crippen molar-refractivity contribution < 1.29 is 9.90 Å². The Kier molecular flexibility index (Phi) is 2.74. The van der Waals surface area contributed by atoms with Crippen LogP contribution in [0, 0.1) is 0 Å². The minimum atomic E-state index is -1.08. The molecule has 0 fully saturated rings. The summed E-state index contributed by atoms with van der Waals surface area (Å²) in [6.45, 7) is 0. The minimum Gasteiger partial charge on any atom is -0.465 e. The minimum absolute atomic E-state index is 0.516. The summed E-state index contributed by atoms with van der Waals surface area (Å²) in [5.41, 5.74) is 7.76. The van der Waals surface area contributed by atoms with Gasteiger partial charge in [-0.05, 0) is 12.1 Å². The van der Waals surface area contributed by atoms with E-state index in [0.717, 1.165) is 11.3 Å². The Morgan fingerprint density at radius 1 is 1.38 bits per heavy atom. The summed E-state index contributed by atoms with van der Waals surface area (Å²) in [7, 11) is 0. The fourth-order valence-corrected chi connectivity index (χ4v) is 1.84. The van der Waals surface area contributed by atoms with Gasteiger partial charge in [0.05, 0.1) is 5.69 Å². The van der Waals surface area contributed by atoms with E-state index in [-0.39, 0.29) is 0 Å². The van der Waals surface area contributed by atoms with Gasteiger partial charge in [0, 0.05) is 16.6 Å². The molecule has 0 unspecified atom stereocenters. The number of carboxylic acid groups (broad SMARTS) is 1. The predicted molar refractivity (Wildman–Crippen MR) is 63.6 cm³/mol. The molecule has 2 aromatic rings. The van der Waals surface area contributed by atoms with Crippen molar-refractivity contribution in [2.75, 3.05) is 11.1 Å². The Balaban J connectivity index is 2.22. The molecule has 0 aliphatic rings. The van der Waals surface area contributed by atoms with Crippen LogP contribution in [0.4, 0.5) is 15.6 Å². The van der Waals surface area contributed by atoms with Gasteiger partial charge in [-0.3, -0.25) is 5.32 Å². The van der Waals surface area contributed by atoms with Crippen LogP contribution < -0.4 is 11.1 Å². The number of nitrogens with one attached hydrogen (secondary N) is 1. The Bertz CT molecular complexity index is 507. The predicted octanol–water partition coefficient (Wildman–Crippen LogP) is 2.48. The molecule has 0 bridgehead atoms. The van der Waals surface area contributed by atoms with Crippen molar-refractivity contribution in [2.24, 2.45) is 0 Å². The average molecular weight is 235 g/mol. The normalized spacial score (nSPS) is 10.0. The zero-order valence-electron chi connectivity index (χ0n) is 8.18. The SMILES string of the molecule is Nc1nc(-c2ccc(NC(=O)O)cc2)cs1. The van der Waals surface area contributed by atoms with Gasteiger partial charge in [-0.2, -0.15) is 0 Å². The van der Waals surface area contributed by atoms with E-state index in [2.05, 4.69) is 10.3 Å². The topological polar surface area (TPSA) is 88.2 Å². The third-order valence-corrected chi connectivity index (χ3v) is 2.63. The lowest BCUT2D eigenvalue weighted by Crippen LogP contribution is -2.06. The van der Waals surface area contributed by atoms with Gasteiger partial charge in [-0.1, -0.05) is 12.1 Å². The third-order valence-electron chi connectivity index (χ3n) is 1.95. The zero-order valence-corrected chi connectivity index (χ0v) is 8.99. The van der Waals surface area contributed by atoms with Crippen molar-refractivity contribution in [1.29, 1.82) is 0 Å². The lowest BCUT2D eigenvalue weighted by molar-refractivity contribution is 0.210. The largest absolute Gasteiger partial charge is 0.465 e. The Morgan fingerprint density at radius 2 is 2.06 bits per heavy atom. The highest BCUT2D eigenvalue weighted by atomic mass is 32.1. The molecular weight excluding hydrogens is 226 g/mol. The maximum Gasteiger partial charge on any atom is 0.409 e. The van der Waals surface area contributed by atoms with E-state index in [9.17, 15) is 4.79 Å². The summed E-state index contributed by atoms with van der Waals surface area (Å²) in [4.78, 5) is 14.5. The summed E-state index contributed by atoms with van der Waals surface area (Å²) in [5, 5.41) is 13.2. The van der Waals surface area contributed by atoms with Crippen molar-refractivity contribution in [1.82, 2.24) is 4.98 Å². The molecule has 4 N–H and O–H groups in total. The molecule has 1 aromatic heterocycles. The Morgan fingerprint density at radius 3 is 2.56 bits per heavy atom. The lowest BCUT2D eigenvalue weighted by atomic mass is 10.1. The number of hydrogen-bond acceptors (Lipinski definition) is 4. The molecule has 0 radical (unpaired) electrons. The molecule has 6 heteroatoms. The van der Waals surface area contributed by atoms with E-state index in [4.69, 9.17) is 10.8 Å². The number of nitrogen functional groups attached to an aromatic ring is 1. The second kappa shape index (κ2) is 4.19. The van der Waals surface area contributed by atoms with Crippen LogP contribution in [-0.2, 0) is 0 Å². The number of rotatable bonds is 2. The molecule has 5 nitrogen and oxygen atoms in total. The second-order valence-corrected chi connectivity index (χ2v) is 3.97. The summed E-state index contributed by atoms with van der Waals surface area (Å²) < 4.78 is 0. The van der Waals surface area contributed by atoms with Gasteiger partial charge in [0.25, 0.3) is 0 Å². The smallest absolute Gasteiger partial charge is 0.409 e. The first-order chi connectivity index (χ1) is 7.65. The van der Waals surface area contributed by atoms with Crippen LogP contribution in [-0.4, -0.2) is 16.2 Å². The van der Waals surface area contributed by atoms with Gasteiger partial charge in [0.15, 0.2) is 5.13 Å². The number of anilines is 2.